The van der Waals surface area contributed by atoms with Gasteiger partial charge in [0, 0.05) is 63.4 Å². The number of aliphatic hydroxyl groups excluding tert-OH is 12. The van der Waals surface area contributed by atoms with E-state index in [0.29, 0.717) is 0 Å². The molecule has 86 heavy (non-hydrogen) atoms. The van der Waals surface area contributed by atoms with Gasteiger partial charge in [-0.3, -0.25) is 0 Å². The van der Waals surface area contributed by atoms with Crippen LogP contribution in [0.1, 0.15) is 12.8 Å². The highest BCUT2D eigenvalue weighted by atomic mass is 32.1. The molecular weight excluding hydrogens is 1180 g/mol. The normalized spacial score (nSPS) is 52.9. The van der Waals surface area contributed by atoms with Gasteiger partial charge in [0.2, 0.25) is 0 Å². The van der Waals surface area contributed by atoms with Gasteiger partial charge >= 0.3 is 0 Å². The van der Waals surface area contributed by atoms with Crippen molar-refractivity contribution in [2.24, 2.45) is 68.8 Å². The van der Waals surface area contributed by atoms with Crippen molar-refractivity contribution in [1.29, 1.82) is 0 Å². The van der Waals surface area contributed by atoms with Crippen LogP contribution in [-0.4, -0.2) is 338 Å². The van der Waals surface area contributed by atoms with Crippen LogP contribution in [0.2, 0.25) is 0 Å². The molecule has 38 atom stereocenters. The summed E-state index contributed by atoms with van der Waals surface area (Å²) in [5.74, 6) is 0. The highest BCUT2D eigenvalue weighted by molar-refractivity contribution is 7.80. The van der Waals surface area contributed by atoms with Gasteiger partial charge in [0.25, 0.3) is 0 Å². The van der Waals surface area contributed by atoms with Gasteiger partial charge in [-0.05, 0) is 25.1 Å². The molecular formula is C47H92N14O24S. The second kappa shape index (κ2) is 29.9. The Morgan fingerprint density at radius 3 is 0.826 bits per heavy atom. The summed E-state index contributed by atoms with van der Waals surface area (Å²) in [6.45, 7) is -1.79. The monoisotopic (exact) mass is 1270 g/mol. The Hall–Kier alpha value is -1.75. The second-order valence-corrected chi connectivity index (χ2v) is 23.6. The number of hydrogen-bond donors (Lipinski definition) is 26. The quantitative estimate of drug-likeness (QED) is 0.0503. The maximum atomic E-state index is 12.0. The van der Waals surface area contributed by atoms with E-state index in [0.717, 1.165) is 0 Å². The maximum Gasteiger partial charge on any atom is 0.187 e. The molecule has 6 saturated heterocycles. The van der Waals surface area contributed by atoms with E-state index >= 15 is 0 Å². The van der Waals surface area contributed by atoms with E-state index in [-0.39, 0.29) is 57.2 Å². The van der Waals surface area contributed by atoms with Gasteiger partial charge in [-0.15, -0.1) is 0 Å². The predicted molar refractivity (Wildman–Crippen MR) is 291 cm³/mol. The Bertz CT molecular complexity index is 2010. The first-order valence-corrected chi connectivity index (χ1v) is 29.0. The molecule has 38 N–H and O–H groups in total. The third-order valence-electron chi connectivity index (χ3n) is 17.3. The van der Waals surface area contributed by atoms with Crippen LogP contribution in [0.15, 0.2) is 0 Å². The molecule has 8 aliphatic rings. The lowest BCUT2D eigenvalue weighted by Gasteiger charge is -2.47. The van der Waals surface area contributed by atoms with Crippen molar-refractivity contribution in [1.82, 2.24) is 10.6 Å². The molecule has 6 heterocycles. The van der Waals surface area contributed by atoms with Crippen molar-refractivity contribution in [2.45, 2.75) is 245 Å². The van der Waals surface area contributed by atoms with Crippen LogP contribution in [0.3, 0.4) is 0 Å². The molecule has 8 fully saturated rings. The lowest BCUT2D eigenvalue weighted by atomic mass is 9.84. The van der Waals surface area contributed by atoms with E-state index in [9.17, 15) is 61.3 Å². The molecule has 500 valence electrons. The van der Waals surface area contributed by atoms with Gasteiger partial charge in [0.1, 0.15) is 134 Å². The van der Waals surface area contributed by atoms with Gasteiger partial charge in [0.15, 0.2) is 42.9 Å². The SMILES string of the molecule is NCC1O[C@H](OC2C(N)C[C@@H](N)C(O)[C@H]2O[C@@H]2O[C@H](CNC(=S)NC[C@H]3O[C@@H](OC4C(O[C@@H]5OC(CN)C(O)[C@H](O)C5N)C(N)C[C@H](N)[C@@H]4O)C(O)C3O[C@@H]3O[C@H](CN)C(O)C(O)C3N)[C@H](O[C@H]3O[C@@H](CN)C(O)C(O)C3N)C2O)C(N)[C@@H](O)C1O. The zero-order chi connectivity index (χ0) is 63.1. The minimum atomic E-state index is -1.81. The van der Waals surface area contributed by atoms with Crippen molar-refractivity contribution in [3.63, 3.8) is 0 Å². The smallest absolute Gasteiger partial charge is 0.187 e. The Labute approximate surface area is 498 Å². The molecule has 0 aromatic heterocycles. The molecule has 0 amide bonds. The van der Waals surface area contributed by atoms with Gasteiger partial charge in [-0.1, -0.05) is 0 Å². The first kappa shape index (κ1) is 70.1. The van der Waals surface area contributed by atoms with E-state index in [2.05, 4.69) is 10.6 Å². The highest BCUT2D eigenvalue weighted by Crippen LogP contribution is 2.37. The Morgan fingerprint density at radius 1 is 0.314 bits per heavy atom. The molecule has 0 aromatic rings. The van der Waals surface area contributed by atoms with Crippen molar-refractivity contribution < 1.29 is 118 Å². The molecule has 0 aromatic carbocycles. The molecule has 21 unspecified atom stereocenters. The van der Waals surface area contributed by atoms with E-state index in [1.54, 1.807) is 0 Å². The number of hydrogen-bond acceptors (Lipinski definition) is 37. The number of rotatable bonds is 20. The number of thiocarbonyl (C=S) groups is 1. The van der Waals surface area contributed by atoms with E-state index < -0.39 is 233 Å². The molecule has 0 bridgehead atoms. The maximum absolute atomic E-state index is 12.0. The summed E-state index contributed by atoms with van der Waals surface area (Å²) in [5.41, 5.74) is 73.9. The molecule has 38 nitrogen and oxygen atoms in total. The van der Waals surface area contributed by atoms with Gasteiger partial charge in [-0.25, -0.2) is 0 Å². The van der Waals surface area contributed by atoms with E-state index in [1.807, 2.05) is 0 Å². The van der Waals surface area contributed by atoms with Crippen molar-refractivity contribution in [2.75, 3.05) is 39.3 Å². The number of nitrogens with one attached hydrogen (secondary N) is 2. The minimum absolute atomic E-state index is 0.0251. The highest BCUT2D eigenvalue weighted by Gasteiger charge is 2.57. The standard InChI is InChI=1S/C47H92N14O24S/c48-3-13-25(64)29(68)19(56)41(74-13)80-35-11(54)1-9(52)23(62)39(35)84-45-33(72)37(82-43-21(58)31(70)27(66)15(5-50)76-43)17(78-45)7-60-47(86)61-8-18-38(83-44-22(59)32(71)28(67)16(6-51)77-44)34(73)46(79-18)85-40-24(63)10(53)2-12(55)36(40)81-42-20(57)30(69)26(65)14(4-49)75-42/h9-46,62-73H,1-8,48-59H2,(H2,60,61,86)/t9-,10+,11?,12?,13?,14?,15+,16-,17-,18-,19?,20?,21?,22?,23?,24+,25?,26?,27?,28?,29-,30-,31?,32?,33?,34?,35?,36?,37+,38?,39-,40?,41-,42+,43-,44+,45+,46+/m1/s1. The fourth-order valence-corrected chi connectivity index (χ4v) is 12.1. The molecule has 8 rings (SSSR count). The molecule has 6 aliphatic heterocycles. The number of aliphatic hydroxyl groups is 12. The lowest BCUT2D eigenvalue weighted by molar-refractivity contribution is -0.306. The molecule has 2 saturated carbocycles. The third-order valence-corrected chi connectivity index (χ3v) is 17.6. The molecule has 39 heteroatoms. The van der Waals surface area contributed by atoms with Crippen molar-refractivity contribution in [3.05, 3.63) is 0 Å². The Morgan fingerprint density at radius 2 is 0.558 bits per heavy atom. The van der Waals surface area contributed by atoms with E-state index in [1.165, 1.54) is 0 Å². The van der Waals surface area contributed by atoms with E-state index in [4.69, 9.17) is 138 Å². The molecule has 0 radical (unpaired) electrons. The lowest BCUT2D eigenvalue weighted by Crippen LogP contribution is -2.68. The van der Waals surface area contributed by atoms with Crippen LogP contribution in [0.5, 0.6) is 0 Å². The summed E-state index contributed by atoms with van der Waals surface area (Å²) < 4.78 is 73.1. The Balaban J connectivity index is 1.00. The van der Waals surface area contributed by atoms with Gasteiger partial charge in [0.05, 0.1) is 36.4 Å². The average molecular weight is 1270 g/mol. The third kappa shape index (κ3) is 14.7. The minimum Gasteiger partial charge on any atom is -0.389 e. The fourth-order valence-electron chi connectivity index (χ4n) is 12.0. The number of ether oxygens (including phenoxy) is 12. The summed E-state index contributed by atoms with van der Waals surface area (Å²) in [6.07, 6.45) is -44.6. The zero-order valence-corrected chi connectivity index (χ0v) is 47.5. The second-order valence-electron chi connectivity index (χ2n) is 23.2. The van der Waals surface area contributed by atoms with Crippen LogP contribution in [0.25, 0.3) is 0 Å². The fraction of sp³-hybridized carbons (Fsp3) is 0.979. The summed E-state index contributed by atoms with van der Waals surface area (Å²) in [4.78, 5) is 0. The summed E-state index contributed by atoms with van der Waals surface area (Å²) in [6, 6.07) is -9.58. The topological polar surface area (TPSA) is 690 Å². The zero-order valence-electron chi connectivity index (χ0n) is 46.7. The Kier molecular flexibility index (Phi) is 24.4. The van der Waals surface area contributed by atoms with Crippen LogP contribution < -0.4 is 79.4 Å². The van der Waals surface area contributed by atoms with Gasteiger partial charge < -0.3 is 198 Å². The largest absolute Gasteiger partial charge is 0.389 e. The summed E-state index contributed by atoms with van der Waals surface area (Å²) >= 11 is 5.69. The molecule has 2 aliphatic carbocycles. The van der Waals surface area contributed by atoms with Crippen LogP contribution in [0.4, 0.5) is 0 Å². The summed E-state index contributed by atoms with van der Waals surface area (Å²) in [5, 5.41) is 138. The average Bonchev–Trinajstić information content (AvgIpc) is 1.82. The van der Waals surface area contributed by atoms with Crippen LogP contribution in [-0.2, 0) is 56.8 Å². The summed E-state index contributed by atoms with van der Waals surface area (Å²) in [7, 11) is 0. The first-order valence-electron chi connectivity index (χ1n) is 28.5. The van der Waals surface area contributed by atoms with Crippen LogP contribution >= 0.6 is 12.2 Å². The van der Waals surface area contributed by atoms with Crippen LogP contribution in [0, 0.1) is 0 Å². The van der Waals surface area contributed by atoms with Crippen molar-refractivity contribution in [3.8, 4) is 0 Å². The first-order chi connectivity index (χ1) is 40.6. The van der Waals surface area contributed by atoms with Gasteiger partial charge in [-0.2, -0.15) is 0 Å². The number of nitrogens with two attached hydrogens (primary N) is 12. The molecule has 0 spiro atoms. The predicted octanol–water partition coefficient (Wildman–Crippen LogP) is -17.3. The van der Waals surface area contributed by atoms with Crippen molar-refractivity contribution >= 4 is 17.3 Å².